The van der Waals surface area contributed by atoms with Crippen LogP contribution in [0.15, 0.2) is 54.6 Å². The smallest absolute Gasteiger partial charge is 0.335 e. The number of hydrogen-bond acceptors (Lipinski definition) is 1. The van der Waals surface area contributed by atoms with Crippen molar-refractivity contribution in [1.29, 1.82) is 0 Å². The fourth-order valence-corrected chi connectivity index (χ4v) is 2.51. The summed E-state index contributed by atoms with van der Waals surface area (Å²) in [6.07, 6.45) is 0.462. The van der Waals surface area contributed by atoms with Gasteiger partial charge in [0.05, 0.1) is 5.56 Å². The summed E-state index contributed by atoms with van der Waals surface area (Å²) in [4.78, 5) is 10.8. The third kappa shape index (κ3) is 2.01. The van der Waals surface area contributed by atoms with Gasteiger partial charge in [-0.15, -0.1) is 0 Å². The molecule has 2 atom stereocenters. The van der Waals surface area contributed by atoms with Crippen LogP contribution in [0.2, 0.25) is 0 Å². The monoisotopic (exact) mass is 256 g/mol. The Hall–Kier alpha value is -2.16. The second-order valence-electron chi connectivity index (χ2n) is 4.91. The molecule has 2 aromatic carbocycles. The number of hydrogen-bond donors (Lipinski definition) is 1. The average Bonchev–Trinajstić information content (AvgIpc) is 3.14. The highest BCUT2D eigenvalue weighted by atomic mass is 19.1. The normalized spacial score (nSPS) is 25.0. The number of aromatic carboxylic acids is 1. The van der Waals surface area contributed by atoms with Crippen LogP contribution in [-0.4, -0.2) is 11.1 Å². The maximum absolute atomic E-state index is 14.8. The zero-order chi connectivity index (χ0) is 13.5. The summed E-state index contributed by atoms with van der Waals surface area (Å²) < 4.78 is 14.8. The summed E-state index contributed by atoms with van der Waals surface area (Å²) in [5.41, 5.74) is 0.390. The van der Waals surface area contributed by atoms with Crippen LogP contribution in [0.3, 0.4) is 0 Å². The first-order valence-electron chi connectivity index (χ1n) is 6.19. The van der Waals surface area contributed by atoms with Gasteiger partial charge < -0.3 is 5.11 Å². The third-order valence-corrected chi connectivity index (χ3v) is 3.71. The van der Waals surface area contributed by atoms with Gasteiger partial charge in [-0.05, 0) is 29.7 Å². The van der Waals surface area contributed by atoms with Crippen molar-refractivity contribution in [3.05, 3.63) is 71.3 Å². The van der Waals surface area contributed by atoms with Crippen LogP contribution in [0.4, 0.5) is 4.39 Å². The molecule has 0 amide bonds. The van der Waals surface area contributed by atoms with Gasteiger partial charge in [-0.25, -0.2) is 9.18 Å². The highest BCUT2D eigenvalue weighted by Crippen LogP contribution is 2.61. The summed E-state index contributed by atoms with van der Waals surface area (Å²) in [6.45, 7) is 0. The molecule has 2 unspecified atom stereocenters. The predicted octanol–water partition coefficient (Wildman–Crippen LogP) is 3.74. The zero-order valence-corrected chi connectivity index (χ0v) is 10.2. The quantitative estimate of drug-likeness (QED) is 0.908. The van der Waals surface area contributed by atoms with E-state index in [4.69, 9.17) is 5.11 Å². The van der Waals surface area contributed by atoms with Gasteiger partial charge in [0.15, 0.2) is 0 Å². The Morgan fingerprint density at radius 2 is 1.74 bits per heavy atom. The number of carbonyl (C=O) groups is 1. The Morgan fingerprint density at radius 3 is 2.32 bits per heavy atom. The topological polar surface area (TPSA) is 37.3 Å². The van der Waals surface area contributed by atoms with Gasteiger partial charge in [0.1, 0.15) is 5.67 Å². The van der Waals surface area contributed by atoms with E-state index in [0.29, 0.717) is 12.0 Å². The molecule has 0 heterocycles. The van der Waals surface area contributed by atoms with Gasteiger partial charge in [0.25, 0.3) is 0 Å². The van der Waals surface area contributed by atoms with Crippen LogP contribution in [0.25, 0.3) is 0 Å². The van der Waals surface area contributed by atoms with Gasteiger partial charge in [0.2, 0.25) is 0 Å². The molecular weight excluding hydrogens is 243 g/mol. The lowest BCUT2D eigenvalue weighted by atomic mass is 10.0. The Balaban J connectivity index is 1.86. The van der Waals surface area contributed by atoms with Crippen LogP contribution in [0.5, 0.6) is 0 Å². The number of benzene rings is 2. The Labute approximate surface area is 110 Å². The Kier molecular flexibility index (Phi) is 2.63. The van der Waals surface area contributed by atoms with Crippen molar-refractivity contribution in [2.24, 2.45) is 0 Å². The molecule has 0 bridgehead atoms. The van der Waals surface area contributed by atoms with Gasteiger partial charge in [-0.3, -0.25) is 0 Å². The maximum Gasteiger partial charge on any atom is 0.335 e. The van der Waals surface area contributed by atoms with Crippen molar-refractivity contribution in [2.75, 3.05) is 0 Å². The second kappa shape index (κ2) is 4.19. The van der Waals surface area contributed by atoms with E-state index < -0.39 is 11.6 Å². The minimum absolute atomic E-state index is 0.121. The number of alkyl halides is 1. The van der Waals surface area contributed by atoms with Crippen molar-refractivity contribution < 1.29 is 14.3 Å². The first kappa shape index (κ1) is 11.9. The third-order valence-electron chi connectivity index (χ3n) is 3.71. The van der Waals surface area contributed by atoms with E-state index in [1.165, 1.54) is 12.1 Å². The molecule has 2 aromatic rings. The molecule has 2 nitrogen and oxygen atoms in total. The first-order chi connectivity index (χ1) is 9.11. The average molecular weight is 256 g/mol. The number of carboxylic acids is 1. The van der Waals surface area contributed by atoms with Crippen molar-refractivity contribution >= 4 is 5.97 Å². The van der Waals surface area contributed by atoms with E-state index in [0.717, 1.165) is 5.56 Å². The van der Waals surface area contributed by atoms with Gasteiger partial charge in [-0.1, -0.05) is 42.5 Å². The van der Waals surface area contributed by atoms with Crippen molar-refractivity contribution in [2.45, 2.75) is 18.0 Å². The number of halogens is 1. The van der Waals surface area contributed by atoms with Crippen molar-refractivity contribution in [1.82, 2.24) is 0 Å². The summed E-state index contributed by atoms with van der Waals surface area (Å²) in [6, 6.07) is 15.6. The minimum atomic E-state index is -1.35. The SMILES string of the molecule is O=C(O)c1ccc(C2(F)CC2c2ccccc2)cc1. The molecule has 0 spiro atoms. The van der Waals surface area contributed by atoms with E-state index in [1.807, 2.05) is 30.3 Å². The van der Waals surface area contributed by atoms with Crippen LogP contribution >= 0.6 is 0 Å². The summed E-state index contributed by atoms with van der Waals surface area (Å²) in [5, 5.41) is 8.83. The van der Waals surface area contributed by atoms with Crippen LogP contribution < -0.4 is 0 Å². The molecule has 3 rings (SSSR count). The minimum Gasteiger partial charge on any atom is -0.478 e. The lowest BCUT2D eigenvalue weighted by molar-refractivity contribution is 0.0696. The molecule has 1 saturated carbocycles. The Morgan fingerprint density at radius 1 is 1.11 bits per heavy atom. The molecule has 1 aliphatic rings. The van der Waals surface area contributed by atoms with E-state index in [-0.39, 0.29) is 11.5 Å². The van der Waals surface area contributed by atoms with Crippen molar-refractivity contribution in [3.8, 4) is 0 Å². The van der Waals surface area contributed by atoms with Crippen molar-refractivity contribution in [3.63, 3.8) is 0 Å². The van der Waals surface area contributed by atoms with E-state index >= 15 is 0 Å². The highest BCUT2D eigenvalue weighted by molar-refractivity contribution is 5.87. The fraction of sp³-hybridized carbons (Fsp3) is 0.188. The molecule has 0 aromatic heterocycles. The van der Waals surface area contributed by atoms with Crippen LogP contribution in [0, 0.1) is 0 Å². The summed E-state index contributed by atoms with van der Waals surface area (Å²) >= 11 is 0. The molecule has 1 fully saturated rings. The second-order valence-corrected chi connectivity index (χ2v) is 4.91. The van der Waals surface area contributed by atoms with Gasteiger partial charge >= 0.3 is 5.97 Å². The lowest BCUT2D eigenvalue weighted by Crippen LogP contribution is -2.03. The molecule has 3 heteroatoms. The van der Waals surface area contributed by atoms with E-state index in [9.17, 15) is 9.18 Å². The summed E-state index contributed by atoms with van der Waals surface area (Å²) in [5.74, 6) is -1.11. The predicted molar refractivity (Wildman–Crippen MR) is 70.0 cm³/mol. The van der Waals surface area contributed by atoms with Gasteiger partial charge in [-0.2, -0.15) is 0 Å². The fourth-order valence-electron chi connectivity index (χ4n) is 2.51. The number of rotatable bonds is 3. The number of carboxylic acid groups (broad SMARTS) is 1. The lowest BCUT2D eigenvalue weighted by Gasteiger charge is -2.09. The first-order valence-corrected chi connectivity index (χ1v) is 6.19. The molecule has 19 heavy (non-hydrogen) atoms. The van der Waals surface area contributed by atoms with E-state index in [2.05, 4.69) is 0 Å². The van der Waals surface area contributed by atoms with E-state index in [1.54, 1.807) is 12.1 Å². The molecule has 1 N–H and O–H groups in total. The molecule has 1 aliphatic carbocycles. The van der Waals surface area contributed by atoms with Gasteiger partial charge in [0, 0.05) is 5.92 Å². The standard InChI is InChI=1S/C16H13FO2/c17-16(10-14(16)11-4-2-1-3-5-11)13-8-6-12(7-9-13)15(18)19/h1-9,14H,10H2,(H,18,19). The molecule has 0 aliphatic heterocycles. The molecule has 0 radical (unpaired) electrons. The maximum atomic E-state index is 14.8. The highest BCUT2D eigenvalue weighted by Gasteiger charge is 2.57. The summed E-state index contributed by atoms with van der Waals surface area (Å²) in [7, 11) is 0. The zero-order valence-electron chi connectivity index (χ0n) is 10.2. The molecule has 0 saturated heterocycles. The van der Waals surface area contributed by atoms with Crippen LogP contribution in [0.1, 0.15) is 33.8 Å². The van der Waals surface area contributed by atoms with Crippen LogP contribution in [-0.2, 0) is 5.67 Å². The molecule has 96 valence electrons. The molecular formula is C16H13FO2. The Bertz CT molecular complexity index is 606. The largest absolute Gasteiger partial charge is 0.478 e.